The molecule has 3 rings (SSSR count). The van der Waals surface area contributed by atoms with Crippen LogP contribution in [0.1, 0.15) is 24.9 Å². The summed E-state index contributed by atoms with van der Waals surface area (Å²) in [6, 6.07) is 18.2. The zero-order chi connectivity index (χ0) is 13.9. The predicted octanol–water partition coefficient (Wildman–Crippen LogP) is 3.60. The highest BCUT2D eigenvalue weighted by Crippen LogP contribution is 2.36. The smallest absolute Gasteiger partial charge is 0.224 e. The van der Waals surface area contributed by atoms with E-state index in [-0.39, 0.29) is 11.9 Å². The number of nitrogens with zero attached hydrogens (tertiary/aromatic N) is 1. The Morgan fingerprint density at radius 2 is 1.80 bits per heavy atom. The molecule has 3 heteroatoms. The number of fused-ring (bicyclic) bond motifs is 1. The van der Waals surface area contributed by atoms with Crippen LogP contribution in [0, 0.1) is 0 Å². The number of nitrogens with one attached hydrogen (secondary N) is 1. The van der Waals surface area contributed by atoms with Gasteiger partial charge in [-0.05, 0) is 30.2 Å². The van der Waals surface area contributed by atoms with Crippen molar-refractivity contribution in [1.29, 1.82) is 0 Å². The Morgan fingerprint density at radius 1 is 1.10 bits per heavy atom. The molecule has 2 aromatic rings. The van der Waals surface area contributed by atoms with Crippen molar-refractivity contribution in [2.75, 3.05) is 16.8 Å². The number of amides is 1. The molecule has 1 aliphatic heterocycles. The number of hydrogen-bond acceptors (Lipinski definition) is 2. The van der Waals surface area contributed by atoms with Crippen LogP contribution in [-0.2, 0) is 4.79 Å². The van der Waals surface area contributed by atoms with E-state index in [0.29, 0.717) is 0 Å². The summed E-state index contributed by atoms with van der Waals surface area (Å²) in [5, 5.41) is 3.40. The SMILES string of the molecule is CC(=O)N(c1ccccc1)C1CCNc2ccccc21. The average Bonchev–Trinajstić information content (AvgIpc) is 2.48. The first-order chi connectivity index (χ1) is 9.77. The Balaban J connectivity index is 2.04. The van der Waals surface area contributed by atoms with Gasteiger partial charge in [-0.3, -0.25) is 4.79 Å². The number of rotatable bonds is 2. The Labute approximate surface area is 119 Å². The summed E-state index contributed by atoms with van der Waals surface area (Å²) in [5.74, 6) is 0.0814. The van der Waals surface area contributed by atoms with Gasteiger partial charge in [0.25, 0.3) is 0 Å². The minimum absolute atomic E-state index is 0.0814. The third-order valence-corrected chi connectivity index (χ3v) is 3.74. The van der Waals surface area contributed by atoms with Gasteiger partial charge in [-0.15, -0.1) is 0 Å². The van der Waals surface area contributed by atoms with Crippen molar-refractivity contribution >= 4 is 17.3 Å². The quantitative estimate of drug-likeness (QED) is 0.900. The molecule has 1 unspecified atom stereocenters. The van der Waals surface area contributed by atoms with Gasteiger partial charge >= 0.3 is 0 Å². The summed E-state index contributed by atoms with van der Waals surface area (Å²) in [7, 11) is 0. The van der Waals surface area contributed by atoms with Crippen molar-refractivity contribution in [3.8, 4) is 0 Å². The lowest BCUT2D eigenvalue weighted by Crippen LogP contribution is -2.36. The number of anilines is 2. The predicted molar refractivity (Wildman–Crippen MR) is 81.9 cm³/mol. The van der Waals surface area contributed by atoms with Gasteiger partial charge in [-0.25, -0.2) is 0 Å². The van der Waals surface area contributed by atoms with Gasteiger partial charge in [0.05, 0.1) is 6.04 Å². The first kappa shape index (κ1) is 12.7. The van der Waals surface area contributed by atoms with E-state index < -0.39 is 0 Å². The molecule has 0 aromatic heterocycles. The highest BCUT2D eigenvalue weighted by molar-refractivity contribution is 5.92. The summed E-state index contributed by atoms with van der Waals surface area (Å²) < 4.78 is 0. The maximum absolute atomic E-state index is 12.2. The van der Waals surface area contributed by atoms with Crippen LogP contribution in [0.5, 0.6) is 0 Å². The van der Waals surface area contributed by atoms with E-state index in [2.05, 4.69) is 17.4 Å². The maximum Gasteiger partial charge on any atom is 0.224 e. The Kier molecular flexibility index (Phi) is 3.42. The van der Waals surface area contributed by atoms with Crippen LogP contribution < -0.4 is 10.2 Å². The molecule has 0 bridgehead atoms. The molecule has 20 heavy (non-hydrogen) atoms. The minimum Gasteiger partial charge on any atom is -0.385 e. The molecule has 0 spiro atoms. The van der Waals surface area contributed by atoms with Gasteiger partial charge in [0.1, 0.15) is 0 Å². The van der Waals surface area contributed by atoms with Crippen molar-refractivity contribution in [3.63, 3.8) is 0 Å². The summed E-state index contributed by atoms with van der Waals surface area (Å²) in [6.45, 7) is 2.52. The van der Waals surface area contributed by atoms with Gasteiger partial charge in [-0.2, -0.15) is 0 Å². The van der Waals surface area contributed by atoms with Gasteiger partial charge in [0.15, 0.2) is 0 Å². The Bertz CT molecular complexity index is 609. The zero-order valence-electron chi connectivity index (χ0n) is 11.5. The molecule has 3 nitrogen and oxygen atoms in total. The second-order valence-corrected chi connectivity index (χ2v) is 5.04. The molecular formula is C17H18N2O. The normalized spacial score (nSPS) is 16.9. The molecule has 1 N–H and O–H groups in total. The third kappa shape index (κ3) is 2.27. The molecule has 1 aliphatic rings. The molecule has 1 amide bonds. The maximum atomic E-state index is 12.2. The van der Waals surface area contributed by atoms with Crippen molar-refractivity contribution < 1.29 is 4.79 Å². The average molecular weight is 266 g/mol. The lowest BCUT2D eigenvalue weighted by molar-refractivity contribution is -0.117. The van der Waals surface area contributed by atoms with Crippen LogP contribution in [0.15, 0.2) is 54.6 Å². The van der Waals surface area contributed by atoms with E-state index in [0.717, 1.165) is 24.3 Å². The van der Waals surface area contributed by atoms with Crippen molar-refractivity contribution in [2.24, 2.45) is 0 Å². The van der Waals surface area contributed by atoms with E-state index >= 15 is 0 Å². The molecular weight excluding hydrogens is 248 g/mol. The van der Waals surface area contributed by atoms with Crippen LogP contribution in [-0.4, -0.2) is 12.5 Å². The van der Waals surface area contributed by atoms with Crippen LogP contribution in [0.3, 0.4) is 0 Å². The number of carbonyl (C=O) groups is 1. The van der Waals surface area contributed by atoms with Crippen molar-refractivity contribution in [3.05, 3.63) is 60.2 Å². The highest BCUT2D eigenvalue weighted by atomic mass is 16.2. The van der Waals surface area contributed by atoms with Gasteiger partial charge in [0.2, 0.25) is 5.91 Å². The summed E-state index contributed by atoms with van der Waals surface area (Å²) in [5.41, 5.74) is 3.28. The van der Waals surface area contributed by atoms with Gasteiger partial charge < -0.3 is 10.2 Å². The van der Waals surface area contributed by atoms with E-state index in [1.165, 1.54) is 5.56 Å². The van der Waals surface area contributed by atoms with E-state index in [9.17, 15) is 4.79 Å². The lowest BCUT2D eigenvalue weighted by Gasteiger charge is -2.35. The molecule has 0 radical (unpaired) electrons. The van der Waals surface area contributed by atoms with Gasteiger partial charge in [0, 0.05) is 24.8 Å². The third-order valence-electron chi connectivity index (χ3n) is 3.74. The van der Waals surface area contributed by atoms with Crippen LogP contribution in [0.25, 0.3) is 0 Å². The van der Waals surface area contributed by atoms with Gasteiger partial charge in [-0.1, -0.05) is 36.4 Å². The molecule has 1 heterocycles. The fourth-order valence-electron chi connectivity index (χ4n) is 2.89. The second-order valence-electron chi connectivity index (χ2n) is 5.04. The minimum atomic E-state index is 0.0814. The second kappa shape index (κ2) is 5.37. The van der Waals surface area contributed by atoms with Crippen LogP contribution in [0.2, 0.25) is 0 Å². The fourth-order valence-corrected chi connectivity index (χ4v) is 2.89. The van der Waals surface area contributed by atoms with E-state index in [1.54, 1.807) is 6.92 Å². The topological polar surface area (TPSA) is 32.3 Å². The largest absolute Gasteiger partial charge is 0.385 e. The van der Waals surface area contributed by atoms with Crippen molar-refractivity contribution in [1.82, 2.24) is 0 Å². The Morgan fingerprint density at radius 3 is 2.55 bits per heavy atom. The summed E-state index contributed by atoms with van der Waals surface area (Å²) in [4.78, 5) is 14.1. The summed E-state index contributed by atoms with van der Waals surface area (Å²) >= 11 is 0. The zero-order valence-corrected chi connectivity index (χ0v) is 11.5. The fraction of sp³-hybridized carbons (Fsp3) is 0.235. The summed E-state index contributed by atoms with van der Waals surface area (Å²) in [6.07, 6.45) is 0.922. The lowest BCUT2D eigenvalue weighted by atomic mass is 9.96. The monoisotopic (exact) mass is 266 g/mol. The molecule has 0 saturated heterocycles. The van der Waals surface area contributed by atoms with Crippen LogP contribution in [0.4, 0.5) is 11.4 Å². The molecule has 2 aromatic carbocycles. The van der Waals surface area contributed by atoms with E-state index in [4.69, 9.17) is 0 Å². The number of benzene rings is 2. The Hall–Kier alpha value is -2.29. The molecule has 0 saturated carbocycles. The number of hydrogen-bond donors (Lipinski definition) is 1. The van der Waals surface area contributed by atoms with E-state index in [1.807, 2.05) is 47.4 Å². The molecule has 0 aliphatic carbocycles. The first-order valence-electron chi connectivity index (χ1n) is 6.95. The number of carbonyl (C=O) groups excluding carboxylic acids is 1. The molecule has 1 atom stereocenters. The molecule has 102 valence electrons. The first-order valence-corrected chi connectivity index (χ1v) is 6.95. The van der Waals surface area contributed by atoms with Crippen LogP contribution >= 0.6 is 0 Å². The highest BCUT2D eigenvalue weighted by Gasteiger charge is 2.28. The standard InChI is InChI=1S/C17H18N2O/c1-13(20)19(14-7-3-2-4-8-14)17-11-12-18-16-10-6-5-9-15(16)17/h2-10,17-18H,11-12H2,1H3. The number of para-hydroxylation sites is 2. The van der Waals surface area contributed by atoms with Crippen molar-refractivity contribution in [2.45, 2.75) is 19.4 Å². The molecule has 0 fully saturated rings.